The summed E-state index contributed by atoms with van der Waals surface area (Å²) in [6, 6.07) is 6.51. The van der Waals surface area contributed by atoms with Crippen LogP contribution in [0.2, 0.25) is 0 Å². The van der Waals surface area contributed by atoms with E-state index in [0.717, 1.165) is 37.6 Å². The Balaban J connectivity index is 1.47. The molecule has 6 nitrogen and oxygen atoms in total. The molecule has 2 saturated heterocycles. The molecule has 1 aromatic rings. The molecule has 0 aromatic heterocycles. The van der Waals surface area contributed by atoms with Gasteiger partial charge in [-0.25, -0.2) is 4.39 Å². The molecule has 0 unspecified atom stereocenters. The lowest BCUT2D eigenvalue weighted by molar-refractivity contribution is -0.141. The van der Waals surface area contributed by atoms with E-state index in [2.05, 4.69) is 9.80 Å². The van der Waals surface area contributed by atoms with Gasteiger partial charge in [0.1, 0.15) is 11.1 Å². The van der Waals surface area contributed by atoms with Gasteiger partial charge in [0.15, 0.2) is 0 Å². The van der Waals surface area contributed by atoms with Gasteiger partial charge >= 0.3 is 5.97 Å². The molecule has 0 N–H and O–H groups in total. The average Bonchev–Trinajstić information content (AvgIpc) is 2.68. The number of thioether (sulfide) groups is 1. The van der Waals surface area contributed by atoms with Crippen molar-refractivity contribution in [3.05, 3.63) is 30.1 Å². The van der Waals surface area contributed by atoms with Crippen LogP contribution in [-0.4, -0.2) is 85.6 Å². The molecule has 142 valence electrons. The minimum Gasteiger partial charge on any atom is -0.468 e. The Bertz CT molecular complexity index is 635. The van der Waals surface area contributed by atoms with Crippen molar-refractivity contribution >= 4 is 29.3 Å². The van der Waals surface area contributed by atoms with E-state index in [9.17, 15) is 14.0 Å². The first-order chi connectivity index (χ1) is 12.6. The van der Waals surface area contributed by atoms with Gasteiger partial charge in [-0.3, -0.25) is 14.5 Å². The van der Waals surface area contributed by atoms with Gasteiger partial charge in [-0.2, -0.15) is 0 Å². The largest absolute Gasteiger partial charge is 0.468 e. The lowest BCUT2D eigenvalue weighted by Crippen LogP contribution is -2.52. The summed E-state index contributed by atoms with van der Waals surface area (Å²) in [5, 5.41) is -0.284. The number of carbonyl (C=O) groups excluding carboxylic acids is 2. The van der Waals surface area contributed by atoms with E-state index in [-0.39, 0.29) is 22.9 Å². The molecular formula is C18H24FN3O3S. The molecule has 3 rings (SSSR count). The van der Waals surface area contributed by atoms with Gasteiger partial charge < -0.3 is 14.5 Å². The number of rotatable bonds is 4. The monoisotopic (exact) mass is 381 g/mol. The van der Waals surface area contributed by atoms with E-state index >= 15 is 0 Å². The molecule has 1 amide bonds. The zero-order chi connectivity index (χ0) is 18.5. The SMILES string of the molecule is COC(=O)[C@H]1CN(C(=O)CN2CCN(c3ccc(F)cc3)CC2)CCS1. The minimum absolute atomic E-state index is 0.0643. The van der Waals surface area contributed by atoms with Crippen molar-refractivity contribution in [3.63, 3.8) is 0 Å². The van der Waals surface area contributed by atoms with Crippen molar-refractivity contribution in [1.82, 2.24) is 9.80 Å². The van der Waals surface area contributed by atoms with Crippen molar-refractivity contribution in [2.45, 2.75) is 5.25 Å². The van der Waals surface area contributed by atoms with Crippen molar-refractivity contribution < 1.29 is 18.7 Å². The van der Waals surface area contributed by atoms with E-state index in [1.165, 1.54) is 19.2 Å². The van der Waals surface area contributed by atoms with E-state index in [4.69, 9.17) is 4.74 Å². The molecule has 8 heteroatoms. The Morgan fingerprint density at radius 3 is 2.50 bits per heavy atom. The first kappa shape index (κ1) is 19.0. The van der Waals surface area contributed by atoms with Crippen LogP contribution in [0.25, 0.3) is 0 Å². The van der Waals surface area contributed by atoms with Crippen molar-refractivity contribution in [2.24, 2.45) is 0 Å². The molecule has 0 spiro atoms. The Hall–Kier alpha value is -1.80. The summed E-state index contributed by atoms with van der Waals surface area (Å²) >= 11 is 1.55. The molecule has 2 aliphatic rings. The summed E-state index contributed by atoms with van der Waals surface area (Å²) in [6.45, 7) is 4.64. The first-order valence-electron chi connectivity index (χ1n) is 8.77. The lowest BCUT2D eigenvalue weighted by atomic mass is 10.2. The van der Waals surface area contributed by atoms with E-state index in [0.29, 0.717) is 19.6 Å². The Morgan fingerprint density at radius 2 is 1.85 bits per heavy atom. The molecule has 1 atom stereocenters. The quantitative estimate of drug-likeness (QED) is 0.727. The zero-order valence-corrected chi connectivity index (χ0v) is 15.7. The Morgan fingerprint density at radius 1 is 1.15 bits per heavy atom. The molecular weight excluding hydrogens is 357 g/mol. The second-order valence-electron chi connectivity index (χ2n) is 6.46. The summed E-state index contributed by atoms with van der Waals surface area (Å²) < 4.78 is 17.8. The average molecular weight is 381 g/mol. The van der Waals surface area contributed by atoms with Crippen molar-refractivity contribution in [2.75, 3.05) is 63.6 Å². The van der Waals surface area contributed by atoms with Crippen LogP contribution < -0.4 is 4.90 Å². The number of methoxy groups -OCH3 is 1. The standard InChI is InChI=1S/C18H24FN3O3S/c1-25-18(24)16-12-22(10-11-26-16)17(23)13-20-6-8-21(9-7-20)15-4-2-14(19)3-5-15/h2-5,16H,6-13H2,1H3/t16-/m1/s1. The predicted molar refractivity (Wildman–Crippen MR) is 99.9 cm³/mol. The number of carbonyl (C=O) groups is 2. The number of anilines is 1. The molecule has 2 heterocycles. The molecule has 0 saturated carbocycles. The molecule has 26 heavy (non-hydrogen) atoms. The van der Waals surface area contributed by atoms with Crippen LogP contribution in [0.5, 0.6) is 0 Å². The van der Waals surface area contributed by atoms with Gasteiger partial charge in [0.2, 0.25) is 5.91 Å². The predicted octanol–water partition coefficient (Wildman–Crippen LogP) is 1.06. The second kappa shape index (κ2) is 8.73. The highest BCUT2D eigenvalue weighted by atomic mass is 32.2. The van der Waals surface area contributed by atoms with Crippen LogP contribution in [-0.2, 0) is 14.3 Å². The van der Waals surface area contributed by atoms with Crippen LogP contribution in [0, 0.1) is 5.82 Å². The zero-order valence-electron chi connectivity index (χ0n) is 14.9. The molecule has 2 aliphatic heterocycles. The van der Waals surface area contributed by atoms with Crippen LogP contribution in [0.4, 0.5) is 10.1 Å². The van der Waals surface area contributed by atoms with Gasteiger partial charge in [0.25, 0.3) is 0 Å². The van der Waals surface area contributed by atoms with Crippen LogP contribution in [0.1, 0.15) is 0 Å². The normalized spacial score (nSPS) is 21.5. The molecule has 0 radical (unpaired) electrons. The van der Waals surface area contributed by atoms with Crippen LogP contribution >= 0.6 is 11.8 Å². The first-order valence-corrected chi connectivity index (χ1v) is 9.82. The number of amides is 1. The number of piperazine rings is 1. The fourth-order valence-corrected chi connectivity index (χ4v) is 4.39. The summed E-state index contributed by atoms with van der Waals surface area (Å²) in [5.74, 6) is 0.321. The third-order valence-corrected chi connectivity index (χ3v) is 5.97. The molecule has 2 fully saturated rings. The maximum atomic E-state index is 13.0. The van der Waals surface area contributed by atoms with Crippen molar-refractivity contribution in [1.29, 1.82) is 0 Å². The molecule has 1 aromatic carbocycles. The van der Waals surface area contributed by atoms with E-state index < -0.39 is 0 Å². The third kappa shape index (κ3) is 4.67. The number of ether oxygens (including phenoxy) is 1. The van der Waals surface area contributed by atoms with Gasteiger partial charge in [-0.15, -0.1) is 11.8 Å². The lowest BCUT2D eigenvalue weighted by Gasteiger charge is -2.37. The fourth-order valence-electron chi connectivity index (χ4n) is 3.26. The maximum Gasteiger partial charge on any atom is 0.320 e. The smallest absolute Gasteiger partial charge is 0.320 e. The summed E-state index contributed by atoms with van der Waals surface area (Å²) in [7, 11) is 1.38. The summed E-state index contributed by atoms with van der Waals surface area (Å²) in [4.78, 5) is 30.4. The number of esters is 1. The summed E-state index contributed by atoms with van der Waals surface area (Å²) in [6.07, 6.45) is 0. The molecule has 0 bridgehead atoms. The van der Waals surface area contributed by atoms with E-state index in [1.54, 1.807) is 28.8 Å². The number of halogens is 1. The second-order valence-corrected chi connectivity index (χ2v) is 7.77. The summed E-state index contributed by atoms with van der Waals surface area (Å²) in [5.41, 5.74) is 1.01. The third-order valence-electron chi connectivity index (χ3n) is 4.81. The fraction of sp³-hybridized carbons (Fsp3) is 0.556. The van der Waals surface area contributed by atoms with Gasteiger partial charge in [0.05, 0.1) is 13.7 Å². The number of hydrogen-bond acceptors (Lipinski definition) is 6. The van der Waals surface area contributed by atoms with Crippen LogP contribution in [0.3, 0.4) is 0 Å². The minimum atomic E-state index is -0.284. The highest BCUT2D eigenvalue weighted by Gasteiger charge is 2.30. The topological polar surface area (TPSA) is 53.1 Å². The van der Waals surface area contributed by atoms with E-state index in [1.807, 2.05) is 0 Å². The van der Waals surface area contributed by atoms with Gasteiger partial charge in [-0.1, -0.05) is 0 Å². The van der Waals surface area contributed by atoms with Gasteiger partial charge in [0, 0.05) is 50.7 Å². The highest BCUT2D eigenvalue weighted by Crippen LogP contribution is 2.20. The number of benzene rings is 1. The van der Waals surface area contributed by atoms with Crippen LogP contribution in [0.15, 0.2) is 24.3 Å². The number of hydrogen-bond donors (Lipinski definition) is 0. The highest BCUT2D eigenvalue weighted by molar-refractivity contribution is 8.00. The number of nitrogens with zero attached hydrogens (tertiary/aromatic N) is 3. The van der Waals surface area contributed by atoms with Gasteiger partial charge in [-0.05, 0) is 24.3 Å². The molecule has 0 aliphatic carbocycles. The Kier molecular flexibility index (Phi) is 6.37. The van der Waals surface area contributed by atoms with Crippen molar-refractivity contribution in [3.8, 4) is 0 Å². The Labute approximate surface area is 157 Å². The maximum absolute atomic E-state index is 13.0.